The minimum atomic E-state index is -0.651. The Morgan fingerprint density at radius 3 is 2.34 bits per heavy atom. The van der Waals surface area contributed by atoms with Gasteiger partial charge in [-0.15, -0.1) is 11.3 Å². The van der Waals surface area contributed by atoms with Crippen molar-refractivity contribution in [1.29, 1.82) is 0 Å². The minimum Gasteiger partial charge on any atom is -0.350 e. The molecule has 11 heteroatoms. The van der Waals surface area contributed by atoms with Crippen molar-refractivity contribution in [2.75, 3.05) is 15.5 Å². The molecule has 38 heavy (non-hydrogen) atoms. The third-order valence-corrected chi connectivity index (χ3v) is 7.56. The molecule has 190 valence electrons. The van der Waals surface area contributed by atoms with Crippen molar-refractivity contribution in [3.05, 3.63) is 104 Å². The number of carbonyl (C=O) groups is 3. The molecule has 0 saturated carbocycles. The monoisotopic (exact) mass is 582 g/mol. The van der Waals surface area contributed by atoms with Crippen LogP contribution in [-0.2, 0) is 9.59 Å². The van der Waals surface area contributed by atoms with E-state index in [2.05, 4.69) is 15.6 Å². The van der Waals surface area contributed by atoms with Crippen LogP contribution in [0, 0.1) is 6.92 Å². The summed E-state index contributed by atoms with van der Waals surface area (Å²) in [5, 5.41) is 8.79. The molecule has 3 amide bonds. The summed E-state index contributed by atoms with van der Waals surface area (Å²) in [6.07, 6.45) is 0. The second-order valence-electron chi connectivity index (χ2n) is 8.22. The van der Waals surface area contributed by atoms with Crippen molar-refractivity contribution < 1.29 is 14.4 Å². The van der Waals surface area contributed by atoms with Crippen LogP contribution in [0.5, 0.6) is 0 Å². The van der Waals surface area contributed by atoms with E-state index in [0.717, 1.165) is 16.2 Å². The van der Waals surface area contributed by atoms with E-state index in [4.69, 9.17) is 34.8 Å². The van der Waals surface area contributed by atoms with Crippen LogP contribution in [0.15, 0.2) is 82.8 Å². The highest BCUT2D eigenvalue weighted by Crippen LogP contribution is 2.34. The van der Waals surface area contributed by atoms with Gasteiger partial charge in [0, 0.05) is 32.2 Å². The molecular formula is C27H17Cl3N4O3S. The predicted molar refractivity (Wildman–Crippen MR) is 152 cm³/mol. The molecule has 0 aliphatic carbocycles. The molecule has 2 heterocycles. The van der Waals surface area contributed by atoms with Crippen LogP contribution < -0.4 is 15.5 Å². The molecule has 5 rings (SSSR count). The molecule has 1 aromatic heterocycles. The summed E-state index contributed by atoms with van der Waals surface area (Å²) in [5.41, 5.74) is 3.34. The van der Waals surface area contributed by atoms with Gasteiger partial charge in [-0.25, -0.2) is 9.88 Å². The summed E-state index contributed by atoms with van der Waals surface area (Å²) in [5.74, 6) is -1.60. The van der Waals surface area contributed by atoms with E-state index >= 15 is 0 Å². The Balaban J connectivity index is 1.27. The van der Waals surface area contributed by atoms with Crippen molar-refractivity contribution in [2.24, 2.45) is 0 Å². The number of nitrogens with zero attached hydrogens (tertiary/aromatic N) is 2. The Morgan fingerprint density at radius 1 is 0.921 bits per heavy atom. The molecule has 1 aliphatic rings. The lowest BCUT2D eigenvalue weighted by Gasteiger charge is -2.18. The average Bonchev–Trinajstić information content (AvgIpc) is 3.45. The van der Waals surface area contributed by atoms with Crippen molar-refractivity contribution in [3.63, 3.8) is 0 Å². The zero-order valence-electron chi connectivity index (χ0n) is 19.6. The third-order valence-electron chi connectivity index (χ3n) is 5.79. The highest BCUT2D eigenvalue weighted by molar-refractivity contribution is 7.14. The summed E-state index contributed by atoms with van der Waals surface area (Å²) >= 11 is 19.6. The number of hydrogen-bond donors (Lipinski definition) is 2. The van der Waals surface area contributed by atoms with E-state index < -0.39 is 11.8 Å². The van der Waals surface area contributed by atoms with E-state index in [-0.39, 0.29) is 16.6 Å². The van der Waals surface area contributed by atoms with E-state index in [1.165, 1.54) is 11.3 Å². The normalized spacial score (nSPS) is 13.3. The number of carbonyl (C=O) groups excluding carboxylic acids is 3. The molecule has 0 radical (unpaired) electrons. The zero-order valence-corrected chi connectivity index (χ0v) is 22.7. The minimum absolute atomic E-state index is 0.0641. The van der Waals surface area contributed by atoms with Gasteiger partial charge < -0.3 is 5.32 Å². The number of halogens is 3. The largest absolute Gasteiger partial charge is 0.350 e. The topological polar surface area (TPSA) is 91.4 Å². The highest BCUT2D eigenvalue weighted by atomic mass is 35.5. The number of aromatic nitrogens is 1. The number of imide groups is 1. The summed E-state index contributed by atoms with van der Waals surface area (Å²) in [4.78, 5) is 44.0. The Labute approximate surface area is 236 Å². The van der Waals surface area contributed by atoms with Crippen molar-refractivity contribution in [3.8, 4) is 11.3 Å². The van der Waals surface area contributed by atoms with Gasteiger partial charge in [0.2, 0.25) is 0 Å². The van der Waals surface area contributed by atoms with Gasteiger partial charge >= 0.3 is 0 Å². The van der Waals surface area contributed by atoms with E-state index in [1.54, 1.807) is 61.5 Å². The Bertz CT molecular complexity index is 1620. The fourth-order valence-corrected chi connectivity index (χ4v) is 4.99. The van der Waals surface area contributed by atoms with Gasteiger partial charge in [0.25, 0.3) is 17.7 Å². The molecule has 7 nitrogen and oxygen atoms in total. The van der Waals surface area contributed by atoms with Crippen LogP contribution in [-0.4, -0.2) is 22.7 Å². The van der Waals surface area contributed by atoms with Crippen LogP contribution >= 0.6 is 46.1 Å². The van der Waals surface area contributed by atoms with Crippen LogP contribution in [0.3, 0.4) is 0 Å². The highest BCUT2D eigenvalue weighted by Gasteiger charge is 2.39. The summed E-state index contributed by atoms with van der Waals surface area (Å²) in [7, 11) is 0. The van der Waals surface area contributed by atoms with Gasteiger partial charge in [0.1, 0.15) is 10.7 Å². The Morgan fingerprint density at radius 2 is 1.63 bits per heavy atom. The SMILES string of the molecule is Cc1c(Cl)cccc1N1C(=O)C(Cl)=C(Nc2ccc(C(=O)Nc3nc(-c4ccc(Cl)cc4)cs3)cc2)C1=O. The van der Waals surface area contributed by atoms with Gasteiger partial charge in [-0.2, -0.15) is 0 Å². The third kappa shape index (κ3) is 5.04. The van der Waals surface area contributed by atoms with Gasteiger partial charge in [0.05, 0.1) is 11.4 Å². The van der Waals surface area contributed by atoms with E-state index in [0.29, 0.717) is 37.7 Å². The summed E-state index contributed by atoms with van der Waals surface area (Å²) in [6.45, 7) is 1.71. The fourth-order valence-electron chi connectivity index (χ4n) is 3.77. The number of anilines is 3. The molecule has 2 N–H and O–H groups in total. The maximum atomic E-state index is 13.1. The smallest absolute Gasteiger partial charge is 0.283 e. The Kier molecular flexibility index (Phi) is 7.23. The first kappa shape index (κ1) is 25.9. The molecule has 0 atom stereocenters. The first-order valence-corrected chi connectivity index (χ1v) is 13.2. The lowest BCUT2D eigenvalue weighted by atomic mass is 10.2. The van der Waals surface area contributed by atoms with Gasteiger partial charge in [-0.3, -0.25) is 19.7 Å². The molecule has 4 aromatic rings. The Hall–Kier alpha value is -3.69. The molecule has 0 fully saturated rings. The average molecular weight is 584 g/mol. The van der Waals surface area contributed by atoms with Crippen molar-refractivity contribution in [1.82, 2.24) is 4.98 Å². The maximum absolute atomic E-state index is 13.1. The van der Waals surface area contributed by atoms with Crippen LogP contribution in [0.1, 0.15) is 15.9 Å². The van der Waals surface area contributed by atoms with Crippen molar-refractivity contribution in [2.45, 2.75) is 6.92 Å². The fraction of sp³-hybridized carbons (Fsp3) is 0.0370. The first-order chi connectivity index (χ1) is 18.2. The zero-order chi connectivity index (χ0) is 27.0. The van der Waals surface area contributed by atoms with Crippen LogP contribution in [0.2, 0.25) is 10.0 Å². The van der Waals surface area contributed by atoms with Crippen LogP contribution in [0.25, 0.3) is 11.3 Å². The van der Waals surface area contributed by atoms with Crippen molar-refractivity contribution >= 4 is 80.4 Å². The number of benzene rings is 3. The van der Waals surface area contributed by atoms with E-state index in [1.807, 2.05) is 17.5 Å². The van der Waals surface area contributed by atoms with Gasteiger partial charge in [-0.05, 0) is 61.0 Å². The van der Waals surface area contributed by atoms with E-state index in [9.17, 15) is 14.4 Å². The number of rotatable bonds is 6. The maximum Gasteiger partial charge on any atom is 0.283 e. The van der Waals surface area contributed by atoms with Gasteiger partial charge in [0.15, 0.2) is 5.13 Å². The lowest BCUT2D eigenvalue weighted by Crippen LogP contribution is -2.32. The molecule has 1 aliphatic heterocycles. The first-order valence-electron chi connectivity index (χ1n) is 11.2. The lowest BCUT2D eigenvalue weighted by molar-refractivity contribution is -0.120. The van der Waals surface area contributed by atoms with Crippen LogP contribution in [0.4, 0.5) is 16.5 Å². The second-order valence-corrected chi connectivity index (χ2v) is 10.3. The summed E-state index contributed by atoms with van der Waals surface area (Å²) < 4.78 is 0. The molecule has 0 spiro atoms. The molecule has 0 unspecified atom stereocenters. The molecular weight excluding hydrogens is 567 g/mol. The number of nitrogens with one attached hydrogen (secondary N) is 2. The second kappa shape index (κ2) is 10.6. The molecule has 0 bridgehead atoms. The van der Waals surface area contributed by atoms with Gasteiger partial charge in [-0.1, -0.05) is 53.0 Å². The molecule has 3 aromatic carbocycles. The summed E-state index contributed by atoms with van der Waals surface area (Å²) in [6, 6.07) is 18.6. The predicted octanol–water partition coefficient (Wildman–Crippen LogP) is 7.11. The quantitative estimate of drug-likeness (QED) is 0.236. The number of amides is 3. The number of thiazole rings is 1. The number of hydrogen-bond acceptors (Lipinski definition) is 6. The standard InChI is InChI=1S/C27H17Cl3N4O3S/c1-14-19(29)3-2-4-21(14)34-25(36)22(30)23(26(34)37)31-18-11-7-16(8-12-18)24(35)33-27-32-20(13-38-27)15-5-9-17(28)10-6-15/h2-13,31H,1H3,(H,32,33,35). The molecule has 0 saturated heterocycles.